The van der Waals surface area contributed by atoms with Crippen molar-refractivity contribution in [3.05, 3.63) is 47.7 Å². The third-order valence-corrected chi connectivity index (χ3v) is 11.8. The molecular weight excluding hydrogens is 729 g/mol. The molecule has 1 unspecified atom stereocenters. The van der Waals surface area contributed by atoms with Crippen LogP contribution in [0.3, 0.4) is 0 Å². The summed E-state index contributed by atoms with van der Waals surface area (Å²) in [6.45, 7) is 17.1. The van der Waals surface area contributed by atoms with Gasteiger partial charge in [-0.05, 0) is 29.7 Å². The van der Waals surface area contributed by atoms with E-state index in [0.29, 0.717) is 25.1 Å². The molecule has 0 radical (unpaired) electrons. The number of carboxylic acids is 1. The van der Waals surface area contributed by atoms with Crippen LogP contribution in [0.4, 0.5) is 0 Å². The number of rotatable bonds is 21. The Bertz CT molecular complexity index is 1520. The number of ether oxygens (including phenoxy) is 2. The molecule has 57 heavy (non-hydrogen) atoms. The number of methoxy groups -OCH3 is 2. The zero-order valence-corrected chi connectivity index (χ0v) is 36.2. The van der Waals surface area contributed by atoms with E-state index in [-0.39, 0.29) is 54.4 Å². The van der Waals surface area contributed by atoms with Crippen molar-refractivity contribution in [2.24, 2.45) is 23.7 Å². The van der Waals surface area contributed by atoms with Gasteiger partial charge in [0, 0.05) is 73.2 Å². The average Bonchev–Trinajstić information content (AvgIpc) is 3.68. The highest BCUT2D eigenvalue weighted by molar-refractivity contribution is 5.90. The molecule has 0 bridgehead atoms. The van der Waals surface area contributed by atoms with E-state index >= 15 is 0 Å². The van der Waals surface area contributed by atoms with E-state index in [9.17, 15) is 29.1 Å². The number of nitrogens with one attached hydrogen (secondary N) is 2. The van der Waals surface area contributed by atoms with E-state index in [1.54, 1.807) is 23.8 Å². The molecule has 1 aromatic carbocycles. The van der Waals surface area contributed by atoms with Crippen molar-refractivity contribution in [2.45, 2.75) is 111 Å². The van der Waals surface area contributed by atoms with Crippen LogP contribution in [0.15, 0.2) is 42.1 Å². The van der Waals surface area contributed by atoms with Crippen molar-refractivity contribution in [3.63, 3.8) is 0 Å². The summed E-state index contributed by atoms with van der Waals surface area (Å²) < 4.78 is 11.9. The lowest BCUT2D eigenvalue weighted by Gasteiger charge is -2.41. The number of piperazine rings is 1. The maximum absolute atomic E-state index is 14.4. The minimum atomic E-state index is -1.12. The Hall–Kier alpha value is -3.85. The average molecular weight is 799 g/mol. The second kappa shape index (κ2) is 22.3. The largest absolute Gasteiger partial charge is 0.480 e. The van der Waals surface area contributed by atoms with E-state index < -0.39 is 48.1 Å². The van der Waals surface area contributed by atoms with Crippen molar-refractivity contribution in [1.29, 1.82) is 0 Å². The number of hydrogen-bond acceptors (Lipinski definition) is 9. The van der Waals surface area contributed by atoms with Crippen molar-refractivity contribution in [3.8, 4) is 0 Å². The first-order valence-corrected chi connectivity index (χ1v) is 20.6. The zero-order chi connectivity index (χ0) is 42.6. The van der Waals surface area contributed by atoms with Crippen LogP contribution in [0.1, 0.15) is 73.3 Å². The van der Waals surface area contributed by atoms with Crippen LogP contribution in [-0.2, 0) is 39.9 Å². The minimum absolute atomic E-state index is 0.0472. The number of benzene rings is 1. The van der Waals surface area contributed by atoms with Crippen LogP contribution in [-0.4, -0.2) is 152 Å². The van der Waals surface area contributed by atoms with Gasteiger partial charge in [0.2, 0.25) is 23.6 Å². The molecule has 0 aliphatic carbocycles. The molecule has 0 aromatic heterocycles. The summed E-state index contributed by atoms with van der Waals surface area (Å²) in [5.41, 5.74) is 1.33. The highest BCUT2D eigenvalue weighted by Crippen LogP contribution is 2.30. The van der Waals surface area contributed by atoms with Crippen LogP contribution in [0.2, 0.25) is 0 Å². The van der Waals surface area contributed by atoms with Gasteiger partial charge in [0.1, 0.15) is 18.2 Å². The Balaban J connectivity index is 1.80. The zero-order valence-electron chi connectivity index (χ0n) is 36.2. The molecule has 2 heterocycles. The normalized spacial score (nSPS) is 19.2. The number of aliphatic carboxylic acids is 1. The Morgan fingerprint density at radius 2 is 1.51 bits per heavy atom. The van der Waals surface area contributed by atoms with Gasteiger partial charge in [-0.2, -0.15) is 0 Å². The molecule has 1 saturated heterocycles. The second-order valence-electron chi connectivity index (χ2n) is 16.4. The monoisotopic (exact) mass is 799 g/mol. The number of nitrogens with zero attached hydrogens (tertiary/aromatic N) is 4. The van der Waals surface area contributed by atoms with Gasteiger partial charge in [-0.1, -0.05) is 91.3 Å². The Labute approximate surface area is 340 Å². The van der Waals surface area contributed by atoms with Gasteiger partial charge in [0.25, 0.3) is 0 Å². The first-order valence-electron chi connectivity index (χ1n) is 20.6. The molecular formula is C43H70N6O8. The highest BCUT2D eigenvalue weighted by atomic mass is 16.5. The number of carbonyl (C=O) groups excluding carboxylic acids is 4. The van der Waals surface area contributed by atoms with E-state index in [1.807, 2.05) is 78.0 Å². The maximum Gasteiger partial charge on any atom is 0.326 e. The van der Waals surface area contributed by atoms with Gasteiger partial charge in [-0.25, -0.2) is 4.79 Å². The summed E-state index contributed by atoms with van der Waals surface area (Å²) >= 11 is 0. The molecule has 0 spiro atoms. The lowest BCUT2D eigenvalue weighted by atomic mass is 9.89. The third kappa shape index (κ3) is 12.1. The lowest BCUT2D eigenvalue weighted by Crippen LogP contribution is -2.61. The van der Waals surface area contributed by atoms with Crippen LogP contribution in [0.5, 0.6) is 0 Å². The molecule has 3 rings (SSSR count). The summed E-state index contributed by atoms with van der Waals surface area (Å²) in [5.74, 6) is -3.21. The fraction of sp³-hybridized carbons (Fsp3) is 0.698. The van der Waals surface area contributed by atoms with E-state index in [0.717, 1.165) is 31.7 Å². The van der Waals surface area contributed by atoms with Gasteiger partial charge in [0.05, 0.1) is 30.5 Å². The van der Waals surface area contributed by atoms with Gasteiger partial charge >= 0.3 is 5.97 Å². The Morgan fingerprint density at radius 3 is 2.04 bits per heavy atom. The second-order valence-corrected chi connectivity index (χ2v) is 16.4. The molecule has 320 valence electrons. The molecule has 14 heteroatoms. The van der Waals surface area contributed by atoms with Crippen LogP contribution in [0, 0.1) is 23.7 Å². The van der Waals surface area contributed by atoms with Crippen molar-refractivity contribution < 1.29 is 38.6 Å². The molecule has 0 saturated carbocycles. The summed E-state index contributed by atoms with van der Waals surface area (Å²) in [7, 11) is 6.22. The Kier molecular flexibility index (Phi) is 18.6. The maximum atomic E-state index is 14.4. The fourth-order valence-corrected chi connectivity index (χ4v) is 8.37. The van der Waals surface area contributed by atoms with E-state index in [4.69, 9.17) is 9.47 Å². The predicted molar refractivity (Wildman–Crippen MR) is 220 cm³/mol. The predicted octanol–water partition coefficient (Wildman–Crippen LogP) is 3.26. The first-order chi connectivity index (χ1) is 27.0. The van der Waals surface area contributed by atoms with Crippen LogP contribution in [0.25, 0.3) is 0 Å². The van der Waals surface area contributed by atoms with E-state index in [1.165, 1.54) is 26.2 Å². The van der Waals surface area contributed by atoms with Crippen molar-refractivity contribution in [2.75, 3.05) is 61.0 Å². The number of amides is 4. The summed E-state index contributed by atoms with van der Waals surface area (Å²) in [6.07, 6.45) is 1.74. The third-order valence-electron chi connectivity index (χ3n) is 11.8. The van der Waals surface area contributed by atoms with Gasteiger partial charge in [0.15, 0.2) is 0 Å². The minimum Gasteiger partial charge on any atom is -0.480 e. The fourth-order valence-electron chi connectivity index (χ4n) is 8.37. The molecule has 2 aliphatic rings. The number of hydrogen-bond donors (Lipinski definition) is 3. The first kappa shape index (κ1) is 47.5. The topological polar surface area (TPSA) is 161 Å². The number of carboxylic acid groups (broad SMARTS) is 1. The van der Waals surface area contributed by atoms with Crippen LogP contribution >= 0.6 is 0 Å². The number of carbonyl (C=O) groups is 5. The van der Waals surface area contributed by atoms with E-state index in [2.05, 4.69) is 15.5 Å². The molecule has 3 N–H and O–H groups in total. The smallest absolute Gasteiger partial charge is 0.326 e. The summed E-state index contributed by atoms with van der Waals surface area (Å²) in [5, 5.41) is 16.5. The van der Waals surface area contributed by atoms with Gasteiger partial charge in [-0.3, -0.25) is 24.1 Å². The lowest BCUT2D eigenvalue weighted by molar-refractivity contribution is -0.152. The van der Waals surface area contributed by atoms with Crippen molar-refractivity contribution >= 4 is 29.6 Å². The van der Waals surface area contributed by atoms with Gasteiger partial charge < -0.3 is 39.9 Å². The molecule has 2 aliphatic heterocycles. The SMILES string of the molecule is CC[C@H](C)[C@@H](C(CC(=O)N1CCC=C1[C@H](OC)[C@@H](C)C(=O)N(C)[C@@H](Cc1ccccc1)C(=O)O)OC)N(C)C(=O)[C@@H](NC(=O)[C@H](C(C)C)N1CCNCC1)C(C)C. The molecule has 4 amide bonds. The quantitative estimate of drug-likeness (QED) is 0.169. The Morgan fingerprint density at radius 1 is 0.877 bits per heavy atom. The standard InChI is InChI=1S/C43H70N6O8/c1-12-29(6)38(47(9)42(53)36(27(2)3)45-40(51)37(28(4)5)48-23-20-44-21-24-48)34(56-10)26-35(50)49-22-16-19-32(49)39(57-11)30(7)41(52)46(8)33(43(54)55)25-31-17-14-13-15-18-31/h13-15,17-19,27-30,33-34,36-39,44H,12,16,20-26H2,1-11H3,(H,45,51)(H,54,55)/t29-,30+,33-,34?,36-,37-,38-,39+/m0/s1. The summed E-state index contributed by atoms with van der Waals surface area (Å²) in [4.78, 5) is 75.4. The van der Waals surface area contributed by atoms with Gasteiger partial charge in [-0.15, -0.1) is 0 Å². The molecule has 1 fully saturated rings. The molecule has 14 nitrogen and oxygen atoms in total. The summed E-state index contributed by atoms with van der Waals surface area (Å²) in [6, 6.07) is 6.41. The molecule has 8 atom stereocenters. The van der Waals surface area contributed by atoms with Crippen LogP contribution < -0.4 is 10.6 Å². The van der Waals surface area contributed by atoms with Crippen molar-refractivity contribution in [1.82, 2.24) is 30.2 Å². The number of likely N-dealkylation sites (N-methyl/N-ethyl adjacent to an activating group) is 2. The highest BCUT2D eigenvalue weighted by Gasteiger charge is 2.42. The molecule has 1 aromatic rings.